The van der Waals surface area contributed by atoms with E-state index in [1.165, 1.54) is 25.0 Å². The molecule has 2 unspecified atom stereocenters. The van der Waals surface area contributed by atoms with Crippen molar-refractivity contribution >= 4 is 12.0 Å². The van der Waals surface area contributed by atoms with Gasteiger partial charge in [0.05, 0.1) is 5.56 Å². The SMILES string of the molecule is CC1CC2CC(C)CC(NC(=O)NCC[C@H](Oc3ccc(C(=O)O)cc3)c3ccccc3)(C1)C2. The van der Waals surface area contributed by atoms with Crippen LogP contribution in [0.4, 0.5) is 4.79 Å². The van der Waals surface area contributed by atoms with Gasteiger partial charge in [-0.2, -0.15) is 0 Å². The van der Waals surface area contributed by atoms with Crippen molar-refractivity contribution in [2.45, 2.75) is 64.0 Å². The maximum Gasteiger partial charge on any atom is 0.335 e. The Morgan fingerprint density at radius 2 is 1.65 bits per heavy atom. The highest BCUT2D eigenvalue weighted by Gasteiger charge is 2.45. The molecule has 182 valence electrons. The molecule has 2 aromatic carbocycles. The first-order valence-corrected chi connectivity index (χ1v) is 12.4. The molecule has 0 aromatic heterocycles. The van der Waals surface area contributed by atoms with Crippen molar-refractivity contribution in [2.24, 2.45) is 17.8 Å². The molecule has 2 aliphatic rings. The third-order valence-electron chi connectivity index (χ3n) is 7.25. The summed E-state index contributed by atoms with van der Waals surface area (Å²) in [6, 6.07) is 16.2. The van der Waals surface area contributed by atoms with Crippen LogP contribution >= 0.6 is 0 Å². The minimum atomic E-state index is -0.966. The Hall–Kier alpha value is -3.02. The normalized spacial score (nSPS) is 26.8. The van der Waals surface area contributed by atoms with Gasteiger partial charge in [0.2, 0.25) is 0 Å². The molecule has 2 aliphatic carbocycles. The highest BCUT2D eigenvalue weighted by Crippen LogP contribution is 2.47. The Balaban J connectivity index is 1.36. The molecule has 0 heterocycles. The van der Waals surface area contributed by atoms with E-state index in [0.29, 0.717) is 30.6 Å². The second kappa shape index (κ2) is 10.5. The molecule has 3 atom stereocenters. The zero-order valence-corrected chi connectivity index (χ0v) is 20.1. The standard InChI is InChI=1S/C28H36N2O4/c1-19-14-21-15-20(2)17-28(16-19,18-21)30-27(33)29-13-12-25(22-6-4-3-5-7-22)34-24-10-8-23(9-11-24)26(31)32/h3-11,19-21,25H,12-18H2,1-2H3,(H,31,32)(H2,29,30,33)/t19?,20?,21?,25-,28?/m0/s1. The van der Waals surface area contributed by atoms with E-state index in [-0.39, 0.29) is 23.2 Å². The molecule has 34 heavy (non-hydrogen) atoms. The third-order valence-corrected chi connectivity index (χ3v) is 7.25. The molecular weight excluding hydrogens is 428 g/mol. The van der Waals surface area contributed by atoms with E-state index in [2.05, 4.69) is 24.5 Å². The van der Waals surface area contributed by atoms with E-state index in [1.807, 2.05) is 30.3 Å². The number of rotatable bonds is 8. The van der Waals surface area contributed by atoms with Crippen molar-refractivity contribution in [3.8, 4) is 5.75 Å². The summed E-state index contributed by atoms with van der Waals surface area (Å²) in [7, 11) is 0. The molecular formula is C28H36N2O4. The van der Waals surface area contributed by atoms with Crippen LogP contribution in [0.3, 0.4) is 0 Å². The van der Waals surface area contributed by atoms with Crippen LogP contribution in [0.1, 0.15) is 74.4 Å². The van der Waals surface area contributed by atoms with Crippen molar-refractivity contribution in [1.82, 2.24) is 10.6 Å². The minimum Gasteiger partial charge on any atom is -0.486 e. The smallest absolute Gasteiger partial charge is 0.335 e. The van der Waals surface area contributed by atoms with Crippen molar-refractivity contribution in [1.29, 1.82) is 0 Å². The van der Waals surface area contributed by atoms with Crippen LogP contribution in [0.2, 0.25) is 0 Å². The van der Waals surface area contributed by atoms with Gasteiger partial charge in [-0.15, -0.1) is 0 Å². The number of hydrogen-bond acceptors (Lipinski definition) is 3. The van der Waals surface area contributed by atoms with Gasteiger partial charge < -0.3 is 20.5 Å². The van der Waals surface area contributed by atoms with E-state index >= 15 is 0 Å². The fraction of sp³-hybridized carbons (Fsp3) is 0.500. The Morgan fingerprint density at radius 1 is 1.00 bits per heavy atom. The summed E-state index contributed by atoms with van der Waals surface area (Å²) in [5.41, 5.74) is 1.15. The number of nitrogens with one attached hydrogen (secondary N) is 2. The Labute approximate surface area is 202 Å². The van der Waals surface area contributed by atoms with Crippen LogP contribution in [0.15, 0.2) is 54.6 Å². The van der Waals surface area contributed by atoms with Gasteiger partial charge >= 0.3 is 12.0 Å². The summed E-state index contributed by atoms with van der Waals surface area (Å²) < 4.78 is 6.19. The highest BCUT2D eigenvalue weighted by atomic mass is 16.5. The molecule has 2 amide bonds. The summed E-state index contributed by atoms with van der Waals surface area (Å²) in [6.07, 6.45) is 6.10. The molecule has 4 rings (SSSR count). The van der Waals surface area contributed by atoms with Crippen molar-refractivity contribution in [2.75, 3.05) is 6.54 Å². The molecule has 0 spiro atoms. The van der Waals surface area contributed by atoms with E-state index in [4.69, 9.17) is 9.84 Å². The van der Waals surface area contributed by atoms with Gasteiger partial charge in [-0.3, -0.25) is 0 Å². The Morgan fingerprint density at radius 3 is 2.26 bits per heavy atom. The van der Waals surface area contributed by atoms with Crippen molar-refractivity contribution in [3.63, 3.8) is 0 Å². The van der Waals surface area contributed by atoms with Gasteiger partial charge in [0.15, 0.2) is 0 Å². The molecule has 2 fully saturated rings. The van der Waals surface area contributed by atoms with E-state index in [9.17, 15) is 9.59 Å². The van der Waals surface area contributed by atoms with Gasteiger partial charge in [-0.05, 0) is 79.7 Å². The summed E-state index contributed by atoms with van der Waals surface area (Å²) in [4.78, 5) is 24.0. The van der Waals surface area contributed by atoms with Crippen molar-refractivity contribution in [3.05, 3.63) is 65.7 Å². The minimum absolute atomic E-state index is 0.0781. The largest absolute Gasteiger partial charge is 0.486 e. The first-order chi connectivity index (χ1) is 16.3. The Kier molecular flexibility index (Phi) is 7.44. The molecule has 6 nitrogen and oxygen atoms in total. The van der Waals surface area contributed by atoms with Crippen molar-refractivity contribution < 1.29 is 19.4 Å². The number of fused-ring (bicyclic) bond motifs is 2. The number of carboxylic acid groups (broad SMARTS) is 1. The average molecular weight is 465 g/mol. The summed E-state index contributed by atoms with van der Waals surface area (Å²) >= 11 is 0. The summed E-state index contributed by atoms with van der Waals surface area (Å²) in [5.74, 6) is 1.65. The van der Waals surface area contributed by atoms with Crippen LogP contribution in [-0.2, 0) is 0 Å². The fourth-order valence-corrected chi connectivity index (χ4v) is 6.26. The Bertz CT molecular complexity index is 956. The maximum absolute atomic E-state index is 12.9. The van der Waals surface area contributed by atoms with Gasteiger partial charge in [0.1, 0.15) is 11.9 Å². The maximum atomic E-state index is 12.9. The van der Waals surface area contributed by atoms with Crippen LogP contribution in [0, 0.1) is 17.8 Å². The number of aromatic carboxylic acids is 1. The molecule has 2 saturated carbocycles. The van der Waals surface area contributed by atoms with E-state index in [1.54, 1.807) is 12.1 Å². The van der Waals surface area contributed by atoms with Gasteiger partial charge in [-0.1, -0.05) is 44.2 Å². The highest BCUT2D eigenvalue weighted by molar-refractivity contribution is 5.87. The van der Waals surface area contributed by atoms with E-state index in [0.717, 1.165) is 30.7 Å². The topological polar surface area (TPSA) is 87.7 Å². The number of hydrogen-bond donors (Lipinski definition) is 3. The lowest BCUT2D eigenvalue weighted by Gasteiger charge is -2.50. The first kappa shape index (κ1) is 24.1. The zero-order valence-electron chi connectivity index (χ0n) is 20.1. The molecule has 3 N–H and O–H groups in total. The lowest BCUT2D eigenvalue weighted by Crippen LogP contribution is -2.58. The number of amides is 2. The molecule has 2 aromatic rings. The first-order valence-electron chi connectivity index (χ1n) is 12.4. The monoisotopic (exact) mass is 464 g/mol. The number of carbonyl (C=O) groups is 2. The molecule has 2 bridgehead atoms. The second-order valence-corrected chi connectivity index (χ2v) is 10.5. The summed E-state index contributed by atoms with van der Waals surface area (Å²) in [5, 5.41) is 15.5. The predicted molar refractivity (Wildman–Crippen MR) is 132 cm³/mol. The molecule has 0 aliphatic heterocycles. The average Bonchev–Trinajstić information content (AvgIpc) is 2.78. The molecule has 0 saturated heterocycles. The second-order valence-electron chi connectivity index (χ2n) is 10.5. The number of urea groups is 1. The van der Waals surface area contributed by atoms with Crippen LogP contribution in [0.25, 0.3) is 0 Å². The summed E-state index contributed by atoms with van der Waals surface area (Å²) in [6.45, 7) is 5.09. The number of ether oxygens (including phenoxy) is 1. The van der Waals surface area contributed by atoms with E-state index < -0.39 is 5.97 Å². The number of carboxylic acids is 1. The van der Waals surface area contributed by atoms with Gasteiger partial charge in [-0.25, -0.2) is 9.59 Å². The number of benzene rings is 2. The quantitative estimate of drug-likeness (QED) is 0.461. The van der Waals surface area contributed by atoms with Gasteiger partial charge in [0.25, 0.3) is 0 Å². The van der Waals surface area contributed by atoms with Crippen LogP contribution < -0.4 is 15.4 Å². The molecule has 0 radical (unpaired) electrons. The fourth-order valence-electron chi connectivity index (χ4n) is 6.26. The number of carbonyl (C=O) groups excluding carboxylic acids is 1. The van der Waals surface area contributed by atoms with Crippen LogP contribution in [0.5, 0.6) is 5.75 Å². The lowest BCUT2D eigenvalue weighted by molar-refractivity contribution is 0.0623. The van der Waals surface area contributed by atoms with Gasteiger partial charge in [0, 0.05) is 18.5 Å². The molecule has 6 heteroatoms. The third kappa shape index (κ3) is 6.10. The predicted octanol–water partition coefficient (Wildman–Crippen LogP) is 5.80. The lowest BCUT2D eigenvalue weighted by atomic mass is 9.61. The van der Waals surface area contributed by atoms with Crippen LogP contribution in [-0.4, -0.2) is 29.2 Å². The zero-order chi connectivity index (χ0) is 24.1.